The number of hydrogen-bond donors (Lipinski definition) is 2. The van der Waals surface area contributed by atoms with Gasteiger partial charge in [-0.3, -0.25) is 14.4 Å². The number of benzene rings is 1. The Morgan fingerprint density at radius 1 is 1.15 bits per heavy atom. The summed E-state index contributed by atoms with van der Waals surface area (Å²) in [6.07, 6.45) is 0.995. The number of amides is 3. The minimum absolute atomic E-state index is 0.0618. The maximum Gasteiger partial charge on any atom is 0.251 e. The van der Waals surface area contributed by atoms with Gasteiger partial charge in [0.25, 0.3) is 5.91 Å². The number of thiophene rings is 1. The van der Waals surface area contributed by atoms with Gasteiger partial charge in [0, 0.05) is 17.8 Å². The quantitative estimate of drug-likeness (QED) is 0.729. The van der Waals surface area contributed by atoms with E-state index in [-0.39, 0.29) is 18.4 Å². The van der Waals surface area contributed by atoms with Crippen molar-refractivity contribution in [2.45, 2.75) is 33.6 Å². The molecule has 0 spiro atoms. The highest BCUT2D eigenvalue weighted by Gasteiger charge is 2.21. The fourth-order valence-corrected chi connectivity index (χ4v) is 3.86. The van der Waals surface area contributed by atoms with Gasteiger partial charge in [-0.2, -0.15) is 0 Å². The summed E-state index contributed by atoms with van der Waals surface area (Å²) in [6, 6.07) is 9.81. The summed E-state index contributed by atoms with van der Waals surface area (Å²) in [5.41, 5.74) is 7.65. The van der Waals surface area contributed by atoms with Crippen LogP contribution in [-0.4, -0.2) is 35.7 Å². The number of anilines is 1. The molecule has 1 aromatic heterocycles. The lowest BCUT2D eigenvalue weighted by molar-refractivity contribution is -0.134. The van der Waals surface area contributed by atoms with Gasteiger partial charge in [0.2, 0.25) is 11.8 Å². The molecule has 0 aliphatic rings. The van der Waals surface area contributed by atoms with E-state index in [1.165, 1.54) is 11.3 Å². The average molecular weight is 388 g/mol. The zero-order valence-corrected chi connectivity index (χ0v) is 16.7. The van der Waals surface area contributed by atoms with E-state index in [1.54, 1.807) is 18.7 Å². The second-order valence-corrected chi connectivity index (χ2v) is 7.53. The summed E-state index contributed by atoms with van der Waals surface area (Å²) in [7, 11) is 0. The van der Waals surface area contributed by atoms with Gasteiger partial charge in [-0.15, -0.1) is 11.3 Å². The van der Waals surface area contributed by atoms with E-state index in [0.717, 1.165) is 16.0 Å². The van der Waals surface area contributed by atoms with Crippen LogP contribution in [0, 0.1) is 13.8 Å². The van der Waals surface area contributed by atoms with Crippen molar-refractivity contribution >= 4 is 34.1 Å². The van der Waals surface area contributed by atoms with Crippen LogP contribution in [0.15, 0.2) is 30.3 Å². The molecule has 1 aromatic carbocycles. The Hall–Kier alpha value is -2.67. The lowest BCUT2D eigenvalue weighted by atomic mass is 10.1. The third-order valence-electron chi connectivity index (χ3n) is 4.39. The normalized spacial score (nSPS) is 10.5. The molecule has 0 unspecified atom stereocenters. The number of aryl methyl sites for hydroxylation is 1. The predicted octanol–water partition coefficient (Wildman–Crippen LogP) is 2.88. The standard InChI is InChI=1S/C20H25N3O3S/c1-4-17(25)23(11-10-15-8-6-5-7-9-15)12-16(24)22-20-18(19(21)26)13(2)14(3)27-20/h5-9H,4,10-12H2,1-3H3,(H2,21,26)(H,22,24). The molecule has 0 fully saturated rings. The topological polar surface area (TPSA) is 92.5 Å². The largest absolute Gasteiger partial charge is 0.365 e. The van der Waals surface area contributed by atoms with E-state index in [0.29, 0.717) is 30.0 Å². The second-order valence-electron chi connectivity index (χ2n) is 6.30. The molecule has 7 heteroatoms. The lowest BCUT2D eigenvalue weighted by Gasteiger charge is -2.21. The summed E-state index contributed by atoms with van der Waals surface area (Å²) >= 11 is 1.31. The van der Waals surface area contributed by atoms with Gasteiger partial charge in [-0.1, -0.05) is 37.3 Å². The smallest absolute Gasteiger partial charge is 0.251 e. The zero-order valence-electron chi connectivity index (χ0n) is 15.9. The molecule has 0 bridgehead atoms. The third-order valence-corrected chi connectivity index (χ3v) is 5.51. The van der Waals surface area contributed by atoms with Crippen LogP contribution in [0.5, 0.6) is 0 Å². The first kappa shape index (κ1) is 20.6. The molecule has 2 aromatic rings. The van der Waals surface area contributed by atoms with Crippen LogP contribution in [-0.2, 0) is 16.0 Å². The summed E-state index contributed by atoms with van der Waals surface area (Å²) in [5, 5.41) is 3.19. The van der Waals surface area contributed by atoms with Gasteiger partial charge in [0.1, 0.15) is 5.00 Å². The Bertz CT molecular complexity index is 830. The number of nitrogens with zero attached hydrogens (tertiary/aromatic N) is 1. The van der Waals surface area contributed by atoms with E-state index < -0.39 is 5.91 Å². The molecular weight excluding hydrogens is 362 g/mol. The molecule has 0 radical (unpaired) electrons. The summed E-state index contributed by atoms with van der Waals surface area (Å²) in [4.78, 5) is 38.9. The molecular formula is C20H25N3O3S. The lowest BCUT2D eigenvalue weighted by Crippen LogP contribution is -2.39. The molecule has 144 valence electrons. The number of hydrogen-bond acceptors (Lipinski definition) is 4. The third kappa shape index (κ3) is 5.40. The first-order valence-electron chi connectivity index (χ1n) is 8.84. The van der Waals surface area contributed by atoms with Gasteiger partial charge >= 0.3 is 0 Å². The van der Waals surface area contributed by atoms with Crippen molar-refractivity contribution in [3.8, 4) is 0 Å². The Balaban J connectivity index is 2.07. The first-order chi connectivity index (χ1) is 12.8. The maximum absolute atomic E-state index is 12.5. The molecule has 0 aliphatic carbocycles. The van der Waals surface area contributed by atoms with Gasteiger partial charge < -0.3 is 16.0 Å². The Morgan fingerprint density at radius 3 is 2.41 bits per heavy atom. The van der Waals surface area contributed by atoms with Crippen molar-refractivity contribution < 1.29 is 14.4 Å². The fraction of sp³-hybridized carbons (Fsp3) is 0.350. The molecule has 6 nitrogen and oxygen atoms in total. The van der Waals surface area contributed by atoms with E-state index in [4.69, 9.17) is 5.73 Å². The minimum atomic E-state index is -0.572. The first-order valence-corrected chi connectivity index (χ1v) is 9.66. The number of primary amides is 1. The molecule has 0 saturated heterocycles. The van der Waals surface area contributed by atoms with Crippen LogP contribution in [0.2, 0.25) is 0 Å². The molecule has 0 aliphatic heterocycles. The number of nitrogens with two attached hydrogens (primary N) is 1. The van der Waals surface area contributed by atoms with Gasteiger partial charge in [-0.25, -0.2) is 0 Å². The van der Waals surface area contributed by atoms with E-state index >= 15 is 0 Å². The van der Waals surface area contributed by atoms with Gasteiger partial charge in [-0.05, 0) is 31.4 Å². The van der Waals surface area contributed by atoms with Crippen molar-refractivity contribution in [3.63, 3.8) is 0 Å². The van der Waals surface area contributed by atoms with Crippen molar-refractivity contribution in [2.75, 3.05) is 18.4 Å². The van der Waals surface area contributed by atoms with Crippen LogP contribution in [0.4, 0.5) is 5.00 Å². The minimum Gasteiger partial charge on any atom is -0.365 e. The molecule has 3 N–H and O–H groups in total. The van der Waals surface area contributed by atoms with E-state index in [1.807, 2.05) is 37.3 Å². The van der Waals surface area contributed by atoms with E-state index in [2.05, 4.69) is 5.32 Å². The highest BCUT2D eigenvalue weighted by molar-refractivity contribution is 7.16. The summed E-state index contributed by atoms with van der Waals surface area (Å²) < 4.78 is 0. The molecule has 1 heterocycles. The summed E-state index contributed by atoms with van der Waals surface area (Å²) in [6.45, 7) is 5.83. The second kappa shape index (κ2) is 9.32. The van der Waals surface area contributed by atoms with Crippen LogP contribution in [0.1, 0.15) is 39.7 Å². The van der Waals surface area contributed by atoms with Gasteiger partial charge in [0.15, 0.2) is 0 Å². The Kier molecular flexibility index (Phi) is 7.12. The number of nitrogens with one attached hydrogen (secondary N) is 1. The van der Waals surface area contributed by atoms with Crippen LogP contribution in [0.3, 0.4) is 0 Å². The number of carbonyl (C=O) groups excluding carboxylic acids is 3. The van der Waals surface area contributed by atoms with Crippen molar-refractivity contribution in [3.05, 3.63) is 51.9 Å². The maximum atomic E-state index is 12.5. The van der Waals surface area contributed by atoms with Crippen molar-refractivity contribution in [1.29, 1.82) is 0 Å². The number of rotatable bonds is 8. The van der Waals surface area contributed by atoms with Crippen LogP contribution < -0.4 is 11.1 Å². The highest BCUT2D eigenvalue weighted by Crippen LogP contribution is 2.31. The average Bonchev–Trinajstić information content (AvgIpc) is 2.92. The molecule has 3 amide bonds. The molecule has 2 rings (SSSR count). The zero-order chi connectivity index (χ0) is 20.0. The van der Waals surface area contributed by atoms with Gasteiger partial charge in [0.05, 0.1) is 12.1 Å². The fourth-order valence-electron chi connectivity index (χ4n) is 2.78. The van der Waals surface area contributed by atoms with Crippen molar-refractivity contribution in [1.82, 2.24) is 4.90 Å². The Labute approximate surface area is 163 Å². The molecule has 0 atom stereocenters. The Morgan fingerprint density at radius 2 is 1.81 bits per heavy atom. The predicted molar refractivity (Wildman–Crippen MR) is 108 cm³/mol. The van der Waals surface area contributed by atoms with Crippen LogP contribution in [0.25, 0.3) is 0 Å². The molecule has 27 heavy (non-hydrogen) atoms. The van der Waals surface area contributed by atoms with Crippen molar-refractivity contribution in [2.24, 2.45) is 5.73 Å². The molecule has 0 saturated carbocycles. The SMILES string of the molecule is CCC(=O)N(CCc1ccccc1)CC(=O)Nc1sc(C)c(C)c1C(N)=O. The van der Waals surface area contributed by atoms with E-state index in [9.17, 15) is 14.4 Å². The van der Waals surface area contributed by atoms with Crippen LogP contribution >= 0.6 is 11.3 Å². The number of carbonyl (C=O) groups is 3. The summed E-state index contributed by atoms with van der Waals surface area (Å²) in [5.74, 6) is -0.999. The monoisotopic (exact) mass is 387 g/mol. The highest BCUT2D eigenvalue weighted by atomic mass is 32.1.